The van der Waals surface area contributed by atoms with Gasteiger partial charge in [-0.1, -0.05) is 48.6 Å². The molecule has 0 bridgehead atoms. The Morgan fingerprint density at radius 3 is 2.31 bits per heavy atom. The van der Waals surface area contributed by atoms with E-state index in [2.05, 4.69) is 0 Å². The highest BCUT2D eigenvalue weighted by molar-refractivity contribution is 8.83. The second-order valence-electron chi connectivity index (χ2n) is 3.26. The Hall–Kier alpha value is -1.13. The zero-order valence-corrected chi connectivity index (χ0v) is 10.0. The molecule has 0 unspecified atom stereocenters. The van der Waals surface area contributed by atoms with Gasteiger partial charge in [0.15, 0.2) is 5.09 Å². The van der Waals surface area contributed by atoms with Crippen LogP contribution in [0.1, 0.15) is 0 Å². The van der Waals surface area contributed by atoms with Crippen molar-refractivity contribution in [3.63, 3.8) is 0 Å². The van der Waals surface area contributed by atoms with Crippen LogP contribution in [0.15, 0.2) is 59.3 Å². The lowest BCUT2D eigenvalue weighted by Crippen LogP contribution is -2.01. The van der Waals surface area contributed by atoms with Crippen molar-refractivity contribution in [3.8, 4) is 0 Å². The van der Waals surface area contributed by atoms with Crippen molar-refractivity contribution in [1.82, 2.24) is 0 Å². The van der Waals surface area contributed by atoms with Crippen molar-refractivity contribution in [3.05, 3.63) is 59.3 Å². The molecular formula is C12H10O2S2. The van der Waals surface area contributed by atoms with Crippen LogP contribution in [-0.4, -0.2) is 10.2 Å². The summed E-state index contributed by atoms with van der Waals surface area (Å²) in [4.78, 5) is 11.6. The highest BCUT2D eigenvalue weighted by atomic mass is 33.1. The molecule has 2 nitrogen and oxygen atoms in total. The first kappa shape index (κ1) is 11.4. The minimum Gasteiger partial charge on any atom is -0.501 e. The van der Waals surface area contributed by atoms with E-state index in [4.69, 9.17) is 0 Å². The zero-order chi connectivity index (χ0) is 11.4. The zero-order valence-electron chi connectivity index (χ0n) is 8.37. The van der Waals surface area contributed by atoms with E-state index in [0.717, 1.165) is 27.2 Å². The third-order valence-electron chi connectivity index (χ3n) is 2.13. The van der Waals surface area contributed by atoms with Gasteiger partial charge in [-0.25, -0.2) is 0 Å². The summed E-state index contributed by atoms with van der Waals surface area (Å²) < 4.78 is 0. The SMILES string of the molecule is O=C(SSC(O)=C1C=CC=C1)C1C=CC=C1. The lowest BCUT2D eigenvalue weighted by atomic mass is 10.2. The van der Waals surface area contributed by atoms with Crippen LogP contribution >= 0.6 is 21.6 Å². The summed E-state index contributed by atoms with van der Waals surface area (Å²) in [6.07, 6.45) is 14.7. The smallest absolute Gasteiger partial charge is 0.210 e. The first-order valence-corrected chi connectivity index (χ1v) is 6.94. The summed E-state index contributed by atoms with van der Waals surface area (Å²) in [5.74, 6) is -0.148. The lowest BCUT2D eigenvalue weighted by molar-refractivity contribution is -0.111. The first-order chi connectivity index (χ1) is 7.77. The average molecular weight is 250 g/mol. The van der Waals surface area contributed by atoms with Gasteiger partial charge in [-0.2, -0.15) is 0 Å². The van der Waals surface area contributed by atoms with Crippen LogP contribution in [0.5, 0.6) is 0 Å². The molecule has 16 heavy (non-hydrogen) atoms. The van der Waals surface area contributed by atoms with Gasteiger partial charge in [0.1, 0.15) is 0 Å². The molecule has 0 spiro atoms. The van der Waals surface area contributed by atoms with Crippen LogP contribution in [0.25, 0.3) is 0 Å². The molecule has 1 N–H and O–H groups in total. The highest BCUT2D eigenvalue weighted by Crippen LogP contribution is 2.35. The van der Waals surface area contributed by atoms with Crippen LogP contribution in [0.2, 0.25) is 0 Å². The molecule has 0 aromatic rings. The molecule has 0 saturated carbocycles. The number of carbonyl (C=O) groups is 1. The van der Waals surface area contributed by atoms with E-state index in [0.29, 0.717) is 0 Å². The maximum Gasteiger partial charge on any atom is 0.210 e. The van der Waals surface area contributed by atoms with Crippen molar-refractivity contribution in [1.29, 1.82) is 0 Å². The van der Waals surface area contributed by atoms with Crippen LogP contribution < -0.4 is 0 Å². The summed E-state index contributed by atoms with van der Waals surface area (Å²) in [6, 6.07) is 0. The maximum atomic E-state index is 11.6. The monoisotopic (exact) mass is 250 g/mol. The van der Waals surface area contributed by atoms with Gasteiger partial charge in [0.2, 0.25) is 5.12 Å². The lowest BCUT2D eigenvalue weighted by Gasteiger charge is -2.03. The number of hydrogen-bond donors (Lipinski definition) is 1. The largest absolute Gasteiger partial charge is 0.501 e. The molecule has 82 valence electrons. The van der Waals surface area contributed by atoms with E-state index in [9.17, 15) is 9.90 Å². The van der Waals surface area contributed by atoms with Gasteiger partial charge >= 0.3 is 0 Å². The Labute approximate surface area is 102 Å². The fourth-order valence-electron chi connectivity index (χ4n) is 1.29. The quantitative estimate of drug-likeness (QED) is 0.614. The normalized spacial score (nSPS) is 17.6. The third kappa shape index (κ3) is 2.71. The van der Waals surface area contributed by atoms with E-state index >= 15 is 0 Å². The molecule has 0 heterocycles. The van der Waals surface area contributed by atoms with E-state index < -0.39 is 0 Å². The van der Waals surface area contributed by atoms with Crippen LogP contribution in [0.4, 0.5) is 0 Å². The molecule has 0 amide bonds. The van der Waals surface area contributed by atoms with Gasteiger partial charge in [-0.05, 0) is 21.6 Å². The van der Waals surface area contributed by atoms with Crippen molar-refractivity contribution < 1.29 is 9.90 Å². The molecule has 0 saturated heterocycles. The molecule has 0 radical (unpaired) electrons. The molecular weight excluding hydrogens is 240 g/mol. The standard InChI is InChI=1S/C12H10O2S2/c13-11(9-5-1-2-6-9)15-16-12(14)10-7-3-4-8-10/h1-9,14H. The number of carbonyl (C=O) groups excluding carboxylic acids is 1. The number of hydrogen-bond acceptors (Lipinski definition) is 4. The van der Waals surface area contributed by atoms with Gasteiger partial charge in [0.25, 0.3) is 0 Å². The molecule has 0 fully saturated rings. The van der Waals surface area contributed by atoms with Gasteiger partial charge in [-0.3, -0.25) is 4.79 Å². The van der Waals surface area contributed by atoms with Crippen LogP contribution in [0.3, 0.4) is 0 Å². The van der Waals surface area contributed by atoms with Crippen molar-refractivity contribution in [2.75, 3.05) is 0 Å². The van der Waals surface area contributed by atoms with Crippen molar-refractivity contribution in [2.45, 2.75) is 0 Å². The average Bonchev–Trinajstić information content (AvgIpc) is 2.95. The second-order valence-corrected chi connectivity index (χ2v) is 5.38. The first-order valence-electron chi connectivity index (χ1n) is 4.79. The topological polar surface area (TPSA) is 37.3 Å². The fourth-order valence-corrected chi connectivity index (χ4v) is 3.06. The van der Waals surface area contributed by atoms with E-state index in [1.165, 1.54) is 0 Å². The maximum absolute atomic E-state index is 11.6. The van der Waals surface area contributed by atoms with E-state index in [1.54, 1.807) is 0 Å². The Kier molecular flexibility index (Phi) is 3.74. The summed E-state index contributed by atoms with van der Waals surface area (Å²) in [5, 5.41) is 9.88. The van der Waals surface area contributed by atoms with E-state index in [1.807, 2.05) is 48.6 Å². The van der Waals surface area contributed by atoms with Gasteiger partial charge in [0.05, 0.1) is 5.92 Å². The minimum atomic E-state index is -0.148. The fraction of sp³-hybridized carbons (Fsp3) is 0.0833. The van der Waals surface area contributed by atoms with Gasteiger partial charge in [0, 0.05) is 5.57 Å². The molecule has 0 aromatic heterocycles. The Morgan fingerprint density at radius 1 is 1.06 bits per heavy atom. The molecule has 2 aliphatic carbocycles. The molecule has 2 rings (SSSR count). The van der Waals surface area contributed by atoms with Crippen molar-refractivity contribution in [2.24, 2.45) is 5.92 Å². The summed E-state index contributed by atoms with van der Waals surface area (Å²) in [6.45, 7) is 0. The number of aliphatic hydroxyl groups is 1. The second kappa shape index (κ2) is 5.27. The van der Waals surface area contributed by atoms with Crippen LogP contribution in [-0.2, 0) is 4.79 Å². The van der Waals surface area contributed by atoms with Gasteiger partial charge < -0.3 is 5.11 Å². The third-order valence-corrected chi connectivity index (χ3v) is 4.26. The summed E-state index contributed by atoms with van der Waals surface area (Å²) >= 11 is 0. The number of rotatable bonds is 3. The predicted octanol–water partition coefficient (Wildman–Crippen LogP) is 3.53. The van der Waals surface area contributed by atoms with Crippen molar-refractivity contribution >= 4 is 26.7 Å². The van der Waals surface area contributed by atoms with Gasteiger partial charge in [-0.15, -0.1) is 0 Å². The van der Waals surface area contributed by atoms with E-state index in [-0.39, 0.29) is 16.1 Å². The summed E-state index contributed by atoms with van der Waals surface area (Å²) in [5.41, 5.74) is 0.753. The highest BCUT2D eigenvalue weighted by Gasteiger charge is 2.16. The number of allylic oxidation sites excluding steroid dienone is 9. The molecule has 4 heteroatoms. The molecule has 0 atom stereocenters. The molecule has 0 aromatic carbocycles. The van der Waals surface area contributed by atoms with Crippen LogP contribution in [0, 0.1) is 5.92 Å². The number of aliphatic hydroxyl groups excluding tert-OH is 1. The molecule has 0 aliphatic heterocycles. The predicted molar refractivity (Wildman–Crippen MR) is 69.9 cm³/mol. The Balaban J connectivity index is 1.88. The summed E-state index contributed by atoms with van der Waals surface area (Å²) in [7, 11) is 2.17. The minimum absolute atomic E-state index is 0.0353. The molecule has 2 aliphatic rings. The Bertz CT molecular complexity index is 416. The Morgan fingerprint density at radius 2 is 1.69 bits per heavy atom.